The van der Waals surface area contributed by atoms with Crippen molar-refractivity contribution in [2.75, 3.05) is 14.2 Å². The highest BCUT2D eigenvalue weighted by Gasteiger charge is 2.10. The number of ether oxygens (including phenoxy) is 2. The molecule has 0 fully saturated rings. The molecule has 0 aliphatic heterocycles. The van der Waals surface area contributed by atoms with Gasteiger partial charge in [0.15, 0.2) is 11.5 Å². The number of rotatable bonds is 4. The lowest BCUT2D eigenvalue weighted by Gasteiger charge is -2.14. The second-order valence-electron chi connectivity index (χ2n) is 3.44. The molecule has 2 N–H and O–H groups in total. The maximum Gasteiger partial charge on any atom is 0.161 e. The van der Waals surface area contributed by atoms with Crippen LogP contribution in [0, 0.1) is 0 Å². The van der Waals surface area contributed by atoms with Crippen molar-refractivity contribution in [3.63, 3.8) is 0 Å². The minimum atomic E-state index is -0.162. The molecule has 0 amide bonds. The number of benzene rings is 1. The first-order valence-corrected chi connectivity index (χ1v) is 4.73. The van der Waals surface area contributed by atoms with Gasteiger partial charge in [0.25, 0.3) is 0 Å². The Labute approximate surface area is 90.5 Å². The molecule has 0 saturated carbocycles. The van der Waals surface area contributed by atoms with E-state index in [1.807, 2.05) is 25.1 Å². The average molecular weight is 207 g/mol. The molecule has 1 rings (SSSR count). The van der Waals surface area contributed by atoms with Crippen molar-refractivity contribution in [3.05, 3.63) is 35.9 Å². The third-order valence-corrected chi connectivity index (χ3v) is 2.30. The second-order valence-corrected chi connectivity index (χ2v) is 3.44. The maximum atomic E-state index is 5.96. The van der Waals surface area contributed by atoms with E-state index < -0.39 is 0 Å². The first kappa shape index (κ1) is 11.6. The quantitative estimate of drug-likeness (QED) is 0.770. The monoisotopic (exact) mass is 207 g/mol. The Hall–Kier alpha value is -1.48. The Kier molecular flexibility index (Phi) is 3.74. The highest BCUT2D eigenvalue weighted by molar-refractivity contribution is 5.44. The molecule has 1 aromatic carbocycles. The van der Waals surface area contributed by atoms with E-state index in [2.05, 4.69) is 6.58 Å². The molecule has 0 saturated heterocycles. The van der Waals surface area contributed by atoms with E-state index in [0.717, 1.165) is 11.1 Å². The van der Waals surface area contributed by atoms with Gasteiger partial charge < -0.3 is 15.2 Å². The van der Waals surface area contributed by atoms with Crippen molar-refractivity contribution < 1.29 is 9.47 Å². The van der Waals surface area contributed by atoms with Crippen molar-refractivity contribution >= 4 is 0 Å². The topological polar surface area (TPSA) is 44.5 Å². The van der Waals surface area contributed by atoms with Crippen LogP contribution in [0.5, 0.6) is 11.5 Å². The smallest absolute Gasteiger partial charge is 0.161 e. The molecule has 0 aliphatic carbocycles. The summed E-state index contributed by atoms with van der Waals surface area (Å²) >= 11 is 0. The summed E-state index contributed by atoms with van der Waals surface area (Å²) in [6.07, 6.45) is 0. The van der Waals surface area contributed by atoms with Crippen LogP contribution in [0.1, 0.15) is 18.5 Å². The molecule has 0 heterocycles. The third-order valence-electron chi connectivity index (χ3n) is 2.30. The summed E-state index contributed by atoms with van der Waals surface area (Å²) in [5, 5.41) is 0. The molecule has 1 unspecified atom stereocenters. The predicted octanol–water partition coefficient (Wildman–Crippen LogP) is 2.28. The van der Waals surface area contributed by atoms with Gasteiger partial charge in [0, 0.05) is 0 Å². The van der Waals surface area contributed by atoms with E-state index in [4.69, 9.17) is 15.2 Å². The van der Waals surface area contributed by atoms with Crippen molar-refractivity contribution in [2.24, 2.45) is 5.73 Å². The maximum absolute atomic E-state index is 5.96. The average Bonchev–Trinajstić information content (AvgIpc) is 2.26. The van der Waals surface area contributed by atoms with Gasteiger partial charge in [-0.1, -0.05) is 18.2 Å². The molecular weight excluding hydrogens is 190 g/mol. The van der Waals surface area contributed by atoms with Crippen LogP contribution in [0.15, 0.2) is 30.4 Å². The molecule has 3 heteroatoms. The number of hydrogen-bond donors (Lipinski definition) is 1. The Bertz CT molecular complexity index is 361. The van der Waals surface area contributed by atoms with Gasteiger partial charge in [-0.3, -0.25) is 0 Å². The Morgan fingerprint density at radius 2 is 1.87 bits per heavy atom. The molecule has 1 atom stereocenters. The zero-order chi connectivity index (χ0) is 11.4. The molecule has 0 bridgehead atoms. The highest BCUT2D eigenvalue weighted by Crippen LogP contribution is 2.30. The standard InChI is InChI=1S/C12H17NO2/c1-8(2)12(13)9-5-6-10(14-3)11(7-9)15-4/h5-7,12H,1,13H2,2-4H3. The van der Waals surface area contributed by atoms with Gasteiger partial charge >= 0.3 is 0 Å². The van der Waals surface area contributed by atoms with Gasteiger partial charge in [0.2, 0.25) is 0 Å². The lowest BCUT2D eigenvalue weighted by atomic mass is 10.0. The van der Waals surface area contributed by atoms with Crippen molar-refractivity contribution in [2.45, 2.75) is 13.0 Å². The van der Waals surface area contributed by atoms with Gasteiger partial charge in [-0.25, -0.2) is 0 Å². The zero-order valence-electron chi connectivity index (χ0n) is 9.41. The molecular formula is C12H17NO2. The predicted molar refractivity (Wildman–Crippen MR) is 61.3 cm³/mol. The van der Waals surface area contributed by atoms with E-state index >= 15 is 0 Å². The summed E-state index contributed by atoms with van der Waals surface area (Å²) < 4.78 is 10.3. The van der Waals surface area contributed by atoms with Crippen molar-refractivity contribution in [1.82, 2.24) is 0 Å². The minimum absolute atomic E-state index is 0.162. The van der Waals surface area contributed by atoms with Crippen LogP contribution in [-0.4, -0.2) is 14.2 Å². The lowest BCUT2D eigenvalue weighted by molar-refractivity contribution is 0.354. The van der Waals surface area contributed by atoms with Gasteiger partial charge in [-0.2, -0.15) is 0 Å². The van der Waals surface area contributed by atoms with E-state index in [1.54, 1.807) is 14.2 Å². The molecule has 82 valence electrons. The van der Waals surface area contributed by atoms with E-state index in [9.17, 15) is 0 Å². The molecule has 0 radical (unpaired) electrons. The summed E-state index contributed by atoms with van der Waals surface area (Å²) in [7, 11) is 3.21. The zero-order valence-corrected chi connectivity index (χ0v) is 9.41. The molecule has 0 spiro atoms. The number of methoxy groups -OCH3 is 2. The molecule has 0 aromatic heterocycles. The van der Waals surface area contributed by atoms with Gasteiger partial charge in [-0.05, 0) is 24.6 Å². The second kappa shape index (κ2) is 4.84. The number of nitrogens with two attached hydrogens (primary N) is 1. The minimum Gasteiger partial charge on any atom is -0.493 e. The first-order valence-electron chi connectivity index (χ1n) is 4.73. The fraction of sp³-hybridized carbons (Fsp3) is 0.333. The molecule has 15 heavy (non-hydrogen) atoms. The van der Waals surface area contributed by atoms with Crippen molar-refractivity contribution in [1.29, 1.82) is 0 Å². The fourth-order valence-corrected chi connectivity index (χ4v) is 1.33. The van der Waals surface area contributed by atoms with E-state index in [0.29, 0.717) is 11.5 Å². The first-order chi connectivity index (χ1) is 7.10. The fourth-order valence-electron chi connectivity index (χ4n) is 1.33. The van der Waals surface area contributed by atoms with Gasteiger partial charge in [0.05, 0.1) is 20.3 Å². The Morgan fingerprint density at radius 3 is 2.33 bits per heavy atom. The van der Waals surface area contributed by atoms with Gasteiger partial charge in [0.1, 0.15) is 0 Å². The molecule has 0 aliphatic rings. The SMILES string of the molecule is C=C(C)C(N)c1ccc(OC)c(OC)c1. The number of hydrogen-bond acceptors (Lipinski definition) is 3. The van der Waals surface area contributed by atoms with Crippen LogP contribution in [0.25, 0.3) is 0 Å². The molecule has 1 aromatic rings. The molecule has 3 nitrogen and oxygen atoms in total. The van der Waals surface area contributed by atoms with Crippen LogP contribution in [0.3, 0.4) is 0 Å². The Balaban J connectivity index is 3.07. The summed E-state index contributed by atoms with van der Waals surface area (Å²) in [6, 6.07) is 5.47. The summed E-state index contributed by atoms with van der Waals surface area (Å²) in [4.78, 5) is 0. The van der Waals surface area contributed by atoms with Crippen LogP contribution in [0.2, 0.25) is 0 Å². The summed E-state index contributed by atoms with van der Waals surface area (Å²) in [6.45, 7) is 5.74. The van der Waals surface area contributed by atoms with E-state index in [-0.39, 0.29) is 6.04 Å². The summed E-state index contributed by atoms with van der Waals surface area (Å²) in [5.41, 5.74) is 7.85. The van der Waals surface area contributed by atoms with Crippen molar-refractivity contribution in [3.8, 4) is 11.5 Å². The van der Waals surface area contributed by atoms with Crippen LogP contribution < -0.4 is 15.2 Å². The van der Waals surface area contributed by atoms with Crippen LogP contribution >= 0.6 is 0 Å². The largest absolute Gasteiger partial charge is 0.493 e. The lowest BCUT2D eigenvalue weighted by Crippen LogP contribution is -2.11. The van der Waals surface area contributed by atoms with Gasteiger partial charge in [-0.15, -0.1) is 0 Å². The normalized spacial score (nSPS) is 12.0. The summed E-state index contributed by atoms with van der Waals surface area (Å²) in [5.74, 6) is 1.39. The Morgan fingerprint density at radius 1 is 1.27 bits per heavy atom. The third kappa shape index (κ3) is 2.50. The van der Waals surface area contributed by atoms with Crippen LogP contribution in [-0.2, 0) is 0 Å². The highest BCUT2D eigenvalue weighted by atomic mass is 16.5. The van der Waals surface area contributed by atoms with E-state index in [1.165, 1.54) is 0 Å². The van der Waals surface area contributed by atoms with Crippen LogP contribution in [0.4, 0.5) is 0 Å².